The lowest BCUT2D eigenvalue weighted by molar-refractivity contribution is -0.141. The third-order valence-electron chi connectivity index (χ3n) is 4.19. The van der Waals surface area contributed by atoms with E-state index in [0.29, 0.717) is 0 Å². The van der Waals surface area contributed by atoms with E-state index in [2.05, 4.69) is 0 Å². The lowest BCUT2D eigenvalue weighted by Crippen LogP contribution is -2.44. The lowest BCUT2D eigenvalue weighted by Gasteiger charge is -2.25. The zero-order valence-electron chi connectivity index (χ0n) is 13.9. The molecule has 0 radical (unpaired) electrons. The Balaban J connectivity index is 2.39. The van der Waals surface area contributed by atoms with E-state index >= 15 is 0 Å². The zero-order chi connectivity index (χ0) is 17.9. The lowest BCUT2D eigenvalue weighted by atomic mass is 9.96. The summed E-state index contributed by atoms with van der Waals surface area (Å²) in [5.41, 5.74) is 2.76. The first kappa shape index (κ1) is 18.2. The number of likely N-dealkylation sites (N-methyl/N-ethyl adjacent to an activating group) is 1. The maximum atomic E-state index is 12.7. The number of nitrogens with zero attached hydrogens (tertiary/aromatic N) is 1. The zero-order valence-corrected chi connectivity index (χ0v) is 14.7. The quantitative estimate of drug-likeness (QED) is 0.872. The monoisotopic (exact) mass is 347 g/mol. The number of hydrogen-bond acceptors (Lipinski definition) is 3. The van der Waals surface area contributed by atoms with Crippen molar-refractivity contribution in [1.29, 1.82) is 0 Å². The average Bonchev–Trinajstić information content (AvgIpc) is 2.54. The van der Waals surface area contributed by atoms with E-state index < -0.39 is 22.0 Å². The number of carbonyl (C=O) groups is 1. The first-order valence-electron chi connectivity index (χ1n) is 7.56. The van der Waals surface area contributed by atoms with Gasteiger partial charge in [-0.2, -0.15) is 4.31 Å². The predicted octanol–water partition coefficient (Wildman–Crippen LogP) is 2.62. The second-order valence-electron chi connectivity index (χ2n) is 5.76. The highest BCUT2D eigenvalue weighted by atomic mass is 32.2. The molecule has 1 atom stereocenters. The van der Waals surface area contributed by atoms with Crippen molar-refractivity contribution < 1.29 is 18.3 Å². The van der Waals surface area contributed by atoms with Crippen LogP contribution in [0.4, 0.5) is 0 Å². The van der Waals surface area contributed by atoms with Crippen molar-refractivity contribution in [3.63, 3.8) is 0 Å². The normalized spacial score (nSPS) is 13.0. The minimum Gasteiger partial charge on any atom is -0.480 e. The maximum Gasteiger partial charge on any atom is 0.322 e. The SMILES string of the molecule is Cc1cccc(C)c1C[C@H](C(=O)O)N(C)S(=O)(=O)c1ccccc1. The number of carboxylic acid groups (broad SMARTS) is 1. The van der Waals surface area contributed by atoms with E-state index in [1.807, 2.05) is 32.0 Å². The van der Waals surface area contributed by atoms with E-state index in [0.717, 1.165) is 21.0 Å². The van der Waals surface area contributed by atoms with E-state index in [9.17, 15) is 18.3 Å². The second kappa shape index (κ2) is 7.15. The van der Waals surface area contributed by atoms with Crippen molar-refractivity contribution in [3.8, 4) is 0 Å². The molecule has 0 saturated heterocycles. The average molecular weight is 347 g/mol. The van der Waals surface area contributed by atoms with Gasteiger partial charge in [0.25, 0.3) is 0 Å². The van der Waals surface area contributed by atoms with Crippen molar-refractivity contribution in [2.24, 2.45) is 0 Å². The predicted molar refractivity (Wildman–Crippen MR) is 92.4 cm³/mol. The molecule has 0 aliphatic heterocycles. The molecule has 0 aliphatic carbocycles. The highest BCUT2D eigenvalue weighted by Gasteiger charge is 2.33. The Morgan fingerprint density at radius 3 is 2.08 bits per heavy atom. The first-order valence-corrected chi connectivity index (χ1v) is 9.00. The van der Waals surface area contributed by atoms with E-state index in [-0.39, 0.29) is 11.3 Å². The van der Waals surface area contributed by atoms with Gasteiger partial charge in [0.2, 0.25) is 10.0 Å². The summed E-state index contributed by atoms with van der Waals surface area (Å²) >= 11 is 0. The Morgan fingerprint density at radius 1 is 1.04 bits per heavy atom. The van der Waals surface area contributed by atoms with E-state index in [1.54, 1.807) is 18.2 Å². The van der Waals surface area contributed by atoms with Gasteiger partial charge in [-0.1, -0.05) is 36.4 Å². The van der Waals surface area contributed by atoms with Gasteiger partial charge in [-0.15, -0.1) is 0 Å². The molecule has 0 spiro atoms. The molecule has 2 aromatic carbocycles. The summed E-state index contributed by atoms with van der Waals surface area (Å²) < 4.78 is 26.3. The van der Waals surface area contributed by atoms with Crippen molar-refractivity contribution in [3.05, 3.63) is 65.2 Å². The van der Waals surface area contributed by atoms with Crippen LogP contribution in [0.3, 0.4) is 0 Å². The highest BCUT2D eigenvalue weighted by molar-refractivity contribution is 7.89. The number of sulfonamides is 1. The van der Waals surface area contributed by atoms with Crippen molar-refractivity contribution in [2.75, 3.05) is 7.05 Å². The summed E-state index contributed by atoms with van der Waals surface area (Å²) in [5.74, 6) is -1.17. The molecule has 1 N–H and O–H groups in total. The smallest absolute Gasteiger partial charge is 0.322 e. The molecule has 128 valence electrons. The largest absolute Gasteiger partial charge is 0.480 e. The molecule has 0 bridgehead atoms. The van der Waals surface area contributed by atoms with Crippen LogP contribution >= 0.6 is 0 Å². The number of hydrogen-bond donors (Lipinski definition) is 1. The van der Waals surface area contributed by atoms with Gasteiger partial charge in [-0.3, -0.25) is 4.79 Å². The molecule has 2 aromatic rings. The molecule has 6 heteroatoms. The Labute approximate surface area is 142 Å². The van der Waals surface area contributed by atoms with Crippen molar-refractivity contribution in [1.82, 2.24) is 4.31 Å². The molecule has 0 amide bonds. The molecule has 24 heavy (non-hydrogen) atoms. The fraction of sp³-hybridized carbons (Fsp3) is 0.278. The van der Waals surface area contributed by atoms with Gasteiger partial charge >= 0.3 is 5.97 Å². The van der Waals surface area contributed by atoms with Gasteiger partial charge < -0.3 is 5.11 Å². The number of rotatable bonds is 6. The van der Waals surface area contributed by atoms with Gasteiger partial charge in [0.05, 0.1) is 4.90 Å². The molecule has 0 heterocycles. The molecule has 0 fully saturated rings. The van der Waals surface area contributed by atoms with Crippen LogP contribution in [0.25, 0.3) is 0 Å². The topological polar surface area (TPSA) is 74.7 Å². The van der Waals surface area contributed by atoms with Crippen LogP contribution in [0.15, 0.2) is 53.4 Å². The molecule has 0 unspecified atom stereocenters. The minimum atomic E-state index is -3.88. The Kier molecular flexibility index (Phi) is 5.41. The Hall–Kier alpha value is -2.18. The summed E-state index contributed by atoms with van der Waals surface area (Å²) in [7, 11) is -2.56. The number of benzene rings is 2. The van der Waals surface area contributed by atoms with Gasteiger partial charge in [0.15, 0.2) is 0 Å². The molecule has 2 rings (SSSR count). The summed E-state index contributed by atoms with van der Waals surface area (Å²) in [6.45, 7) is 3.79. The van der Waals surface area contributed by atoms with Crippen LogP contribution in [-0.2, 0) is 21.2 Å². The number of aliphatic carboxylic acids is 1. The van der Waals surface area contributed by atoms with Crippen LogP contribution in [0.1, 0.15) is 16.7 Å². The maximum absolute atomic E-state index is 12.7. The molecule has 5 nitrogen and oxygen atoms in total. The van der Waals surface area contributed by atoms with Crippen LogP contribution in [0.2, 0.25) is 0 Å². The van der Waals surface area contributed by atoms with Crippen LogP contribution in [0.5, 0.6) is 0 Å². The third kappa shape index (κ3) is 3.66. The number of aryl methyl sites for hydroxylation is 2. The molecule has 0 saturated carbocycles. The van der Waals surface area contributed by atoms with Crippen LogP contribution in [-0.4, -0.2) is 36.9 Å². The fourth-order valence-electron chi connectivity index (χ4n) is 2.66. The number of carboxylic acids is 1. The summed E-state index contributed by atoms with van der Waals surface area (Å²) in [4.78, 5) is 11.8. The second-order valence-corrected chi connectivity index (χ2v) is 7.76. The summed E-state index contributed by atoms with van der Waals surface area (Å²) in [6, 6.07) is 12.4. The standard InChI is InChI=1S/C18H21NO4S/c1-13-8-7-9-14(2)16(13)12-17(18(20)21)19(3)24(22,23)15-10-5-4-6-11-15/h4-11,17H,12H2,1-3H3,(H,20,21)/t17-/m1/s1. The summed E-state index contributed by atoms with van der Waals surface area (Å²) in [6.07, 6.45) is 0.121. The van der Waals surface area contributed by atoms with Gasteiger partial charge in [0, 0.05) is 13.5 Å². The van der Waals surface area contributed by atoms with E-state index in [1.165, 1.54) is 19.2 Å². The molecular formula is C18H21NO4S. The van der Waals surface area contributed by atoms with Crippen molar-refractivity contribution >= 4 is 16.0 Å². The van der Waals surface area contributed by atoms with E-state index in [4.69, 9.17) is 0 Å². The van der Waals surface area contributed by atoms with Crippen molar-refractivity contribution in [2.45, 2.75) is 31.2 Å². The molecule has 0 aromatic heterocycles. The molecule has 0 aliphatic rings. The summed E-state index contributed by atoms with van der Waals surface area (Å²) in [5, 5.41) is 9.59. The third-order valence-corrected chi connectivity index (χ3v) is 6.07. The minimum absolute atomic E-state index is 0.0836. The first-order chi connectivity index (χ1) is 11.2. The Bertz CT molecular complexity index is 811. The van der Waals surface area contributed by atoms with Crippen LogP contribution < -0.4 is 0 Å². The Morgan fingerprint density at radius 2 is 1.58 bits per heavy atom. The van der Waals surface area contributed by atoms with Crippen LogP contribution in [0, 0.1) is 13.8 Å². The fourth-order valence-corrected chi connectivity index (χ4v) is 4.00. The van der Waals surface area contributed by atoms with Gasteiger partial charge in [-0.05, 0) is 42.7 Å². The molecular weight excluding hydrogens is 326 g/mol. The highest BCUT2D eigenvalue weighted by Crippen LogP contribution is 2.22. The van der Waals surface area contributed by atoms with Gasteiger partial charge in [0.1, 0.15) is 6.04 Å². The van der Waals surface area contributed by atoms with Gasteiger partial charge in [-0.25, -0.2) is 8.42 Å².